The lowest BCUT2D eigenvalue weighted by Crippen LogP contribution is -2.33. The monoisotopic (exact) mass is 507 g/mol. The van der Waals surface area contributed by atoms with Gasteiger partial charge in [0, 0.05) is 30.2 Å². The third-order valence-electron chi connectivity index (χ3n) is 6.81. The molecule has 1 aliphatic heterocycles. The topological polar surface area (TPSA) is 77.6 Å². The summed E-state index contributed by atoms with van der Waals surface area (Å²) in [6.07, 6.45) is -8.89. The number of ether oxygens (including phenoxy) is 1. The molecule has 1 saturated heterocycles. The number of aliphatic hydroxyl groups is 1. The fourth-order valence-corrected chi connectivity index (χ4v) is 5.27. The number of hydrogen-bond donors (Lipinski definition) is 3. The van der Waals surface area contributed by atoms with Crippen LogP contribution in [0.25, 0.3) is 10.9 Å². The molecule has 2 aliphatic rings. The Morgan fingerprint density at radius 1 is 1.17 bits per heavy atom. The number of aliphatic hydroxyl groups excluding tert-OH is 1. The van der Waals surface area contributed by atoms with Crippen molar-refractivity contribution in [3.8, 4) is 5.75 Å². The van der Waals surface area contributed by atoms with Crippen LogP contribution < -0.4 is 10.1 Å². The predicted octanol–water partition coefficient (Wildman–Crippen LogP) is 4.71. The molecular weight excluding hydrogens is 480 g/mol. The molecule has 2 heterocycles. The van der Waals surface area contributed by atoms with Gasteiger partial charge in [0.05, 0.1) is 25.3 Å². The van der Waals surface area contributed by atoms with Gasteiger partial charge in [0.2, 0.25) is 5.91 Å². The molecule has 1 saturated carbocycles. The van der Waals surface area contributed by atoms with E-state index in [0.717, 1.165) is 19.3 Å². The molecule has 12 heteroatoms. The van der Waals surface area contributed by atoms with Crippen molar-refractivity contribution in [2.75, 3.05) is 31.6 Å². The van der Waals surface area contributed by atoms with E-state index in [1.54, 1.807) is 18.2 Å². The Kier molecular flexibility index (Phi) is 7.23. The summed E-state index contributed by atoms with van der Waals surface area (Å²) in [5, 5.41) is 12.0. The standard InChI is InChI=1S/C23H27F6N3O3/c24-22(25,26)12-32-10-14-5-13(6-15(14)11-32)3-4-35-16-1-2-18-17(7-16)19(9-30-18)31-21(34)8-20(33)23(27,28)29/h1-2,7,9,13-15,20,30,33H,3-6,8,10-12H2,(H,31,34)/t13?,14-,15+,20?. The Hall–Kier alpha value is -2.47. The van der Waals surface area contributed by atoms with Crippen molar-refractivity contribution < 1.29 is 41.0 Å². The van der Waals surface area contributed by atoms with Crippen LogP contribution in [0.2, 0.25) is 0 Å². The number of carbonyl (C=O) groups is 1. The number of nitrogens with zero attached hydrogens (tertiary/aromatic N) is 1. The molecule has 0 bridgehead atoms. The van der Waals surface area contributed by atoms with E-state index in [2.05, 4.69) is 10.3 Å². The van der Waals surface area contributed by atoms with E-state index in [0.29, 0.717) is 54.1 Å². The smallest absolute Gasteiger partial charge is 0.414 e. The maximum absolute atomic E-state index is 12.6. The van der Waals surface area contributed by atoms with Crippen molar-refractivity contribution in [2.24, 2.45) is 17.8 Å². The molecule has 3 N–H and O–H groups in total. The van der Waals surface area contributed by atoms with Crippen molar-refractivity contribution in [3.05, 3.63) is 24.4 Å². The van der Waals surface area contributed by atoms with E-state index in [-0.39, 0.29) is 5.69 Å². The van der Waals surface area contributed by atoms with Crippen molar-refractivity contribution in [2.45, 2.75) is 44.1 Å². The van der Waals surface area contributed by atoms with Crippen molar-refractivity contribution in [1.82, 2.24) is 9.88 Å². The number of aromatic nitrogens is 1. The molecule has 194 valence electrons. The van der Waals surface area contributed by atoms with E-state index in [4.69, 9.17) is 9.84 Å². The summed E-state index contributed by atoms with van der Waals surface area (Å²) in [4.78, 5) is 16.3. The molecule has 4 atom stereocenters. The molecule has 35 heavy (non-hydrogen) atoms. The number of halogens is 6. The highest BCUT2D eigenvalue weighted by Gasteiger charge is 2.43. The van der Waals surface area contributed by atoms with Gasteiger partial charge in [-0.2, -0.15) is 26.3 Å². The fraction of sp³-hybridized carbons (Fsp3) is 0.609. The quantitative estimate of drug-likeness (QED) is 0.453. The summed E-state index contributed by atoms with van der Waals surface area (Å²) in [6.45, 7) is 0.549. The highest BCUT2D eigenvalue weighted by atomic mass is 19.4. The fourth-order valence-electron chi connectivity index (χ4n) is 5.27. The second kappa shape index (κ2) is 9.88. The van der Waals surface area contributed by atoms with Crippen LogP contribution in [0.4, 0.5) is 32.0 Å². The highest BCUT2D eigenvalue weighted by Crippen LogP contribution is 2.43. The molecule has 1 aliphatic carbocycles. The molecule has 1 amide bonds. The van der Waals surface area contributed by atoms with Crippen LogP contribution in [0, 0.1) is 17.8 Å². The largest absolute Gasteiger partial charge is 0.494 e. The van der Waals surface area contributed by atoms with Gasteiger partial charge < -0.3 is 20.1 Å². The van der Waals surface area contributed by atoms with Crippen LogP contribution in [0.3, 0.4) is 0 Å². The molecular formula is C23H27F6N3O3. The molecule has 4 rings (SSSR count). The lowest BCUT2D eigenvalue weighted by molar-refractivity contribution is -0.205. The molecule has 2 unspecified atom stereocenters. The van der Waals surface area contributed by atoms with Gasteiger partial charge in [0.15, 0.2) is 6.10 Å². The number of alkyl halides is 6. The third-order valence-corrected chi connectivity index (χ3v) is 6.81. The Labute approximate surface area is 197 Å². The van der Waals surface area contributed by atoms with E-state index < -0.39 is 37.3 Å². The zero-order valence-corrected chi connectivity index (χ0v) is 18.8. The van der Waals surface area contributed by atoms with Gasteiger partial charge in [-0.3, -0.25) is 9.69 Å². The van der Waals surface area contributed by atoms with Gasteiger partial charge in [0.25, 0.3) is 0 Å². The van der Waals surface area contributed by atoms with Crippen LogP contribution >= 0.6 is 0 Å². The summed E-state index contributed by atoms with van der Waals surface area (Å²) in [5.74, 6) is 0.533. The number of aromatic amines is 1. The van der Waals surface area contributed by atoms with Crippen LogP contribution in [-0.2, 0) is 4.79 Å². The van der Waals surface area contributed by atoms with E-state index in [9.17, 15) is 31.1 Å². The number of rotatable bonds is 8. The van der Waals surface area contributed by atoms with Crippen molar-refractivity contribution in [3.63, 3.8) is 0 Å². The van der Waals surface area contributed by atoms with Gasteiger partial charge in [-0.05, 0) is 55.2 Å². The predicted molar refractivity (Wildman–Crippen MR) is 116 cm³/mol. The number of nitrogens with one attached hydrogen (secondary N) is 2. The number of benzene rings is 1. The molecule has 0 spiro atoms. The van der Waals surface area contributed by atoms with Gasteiger partial charge in [0.1, 0.15) is 5.75 Å². The van der Waals surface area contributed by atoms with Crippen LogP contribution in [0.1, 0.15) is 25.7 Å². The first-order valence-electron chi connectivity index (χ1n) is 11.4. The Bertz CT molecular complexity index is 1020. The number of amides is 1. The Balaban J connectivity index is 1.26. The van der Waals surface area contributed by atoms with Crippen molar-refractivity contribution in [1.29, 1.82) is 0 Å². The minimum atomic E-state index is -4.88. The van der Waals surface area contributed by atoms with Crippen LogP contribution in [-0.4, -0.2) is 65.6 Å². The minimum Gasteiger partial charge on any atom is -0.494 e. The van der Waals surface area contributed by atoms with Gasteiger partial charge in [-0.1, -0.05) is 0 Å². The van der Waals surface area contributed by atoms with Crippen LogP contribution in [0.15, 0.2) is 24.4 Å². The average molecular weight is 507 g/mol. The number of H-pyrrole nitrogens is 1. The molecule has 1 aromatic carbocycles. The molecule has 0 radical (unpaired) electrons. The summed E-state index contributed by atoms with van der Waals surface area (Å²) in [5.41, 5.74) is 0.924. The maximum atomic E-state index is 12.6. The lowest BCUT2D eigenvalue weighted by atomic mass is 10.0. The second-order valence-corrected chi connectivity index (χ2v) is 9.52. The number of hydrogen-bond acceptors (Lipinski definition) is 4. The highest BCUT2D eigenvalue weighted by molar-refractivity contribution is 6.02. The number of fused-ring (bicyclic) bond motifs is 2. The number of likely N-dealkylation sites (tertiary alicyclic amines) is 1. The number of anilines is 1. The summed E-state index contributed by atoms with van der Waals surface area (Å²) >= 11 is 0. The molecule has 1 aromatic heterocycles. The average Bonchev–Trinajstić information content (AvgIpc) is 3.39. The lowest BCUT2D eigenvalue weighted by Gasteiger charge is -2.20. The first-order valence-corrected chi connectivity index (χ1v) is 11.4. The van der Waals surface area contributed by atoms with Gasteiger partial charge >= 0.3 is 12.4 Å². The normalized spacial score (nSPS) is 24.0. The second-order valence-electron chi connectivity index (χ2n) is 9.52. The zero-order valence-electron chi connectivity index (χ0n) is 18.8. The van der Waals surface area contributed by atoms with Crippen LogP contribution in [0.5, 0.6) is 5.75 Å². The number of carbonyl (C=O) groups excluding carboxylic acids is 1. The summed E-state index contributed by atoms with van der Waals surface area (Å²) in [6, 6.07) is 5.12. The molecule has 6 nitrogen and oxygen atoms in total. The van der Waals surface area contributed by atoms with E-state index in [1.165, 1.54) is 11.1 Å². The van der Waals surface area contributed by atoms with E-state index in [1.807, 2.05) is 0 Å². The Morgan fingerprint density at radius 3 is 2.49 bits per heavy atom. The minimum absolute atomic E-state index is 0.275. The van der Waals surface area contributed by atoms with Crippen molar-refractivity contribution >= 4 is 22.5 Å². The van der Waals surface area contributed by atoms with Gasteiger partial charge in [-0.15, -0.1) is 0 Å². The SMILES string of the molecule is O=C(CC(O)C(F)(F)F)Nc1c[nH]c2ccc(OCCC3C[C@@H]4CN(CC(F)(F)F)C[C@@H]4C3)cc12. The maximum Gasteiger partial charge on any atom is 0.414 e. The summed E-state index contributed by atoms with van der Waals surface area (Å²) in [7, 11) is 0. The first-order chi connectivity index (χ1) is 16.4. The van der Waals surface area contributed by atoms with Gasteiger partial charge in [-0.25, -0.2) is 0 Å². The zero-order chi connectivity index (χ0) is 25.4. The first kappa shape index (κ1) is 25.6. The molecule has 2 aromatic rings. The third kappa shape index (κ3) is 6.60. The summed E-state index contributed by atoms with van der Waals surface area (Å²) < 4.78 is 81.1. The Morgan fingerprint density at radius 2 is 1.86 bits per heavy atom. The molecule has 2 fully saturated rings. The van der Waals surface area contributed by atoms with E-state index >= 15 is 0 Å².